The zero-order valence-corrected chi connectivity index (χ0v) is 14.9. The second-order valence-electron chi connectivity index (χ2n) is 5.49. The van der Waals surface area contributed by atoms with Gasteiger partial charge in [0.05, 0.1) is 5.75 Å². The van der Waals surface area contributed by atoms with Crippen LogP contribution in [0.1, 0.15) is 26.7 Å². The van der Waals surface area contributed by atoms with Gasteiger partial charge in [0.25, 0.3) is 0 Å². The molecule has 0 spiro atoms. The zero-order valence-electron chi connectivity index (χ0n) is 14.1. The molecule has 0 bridgehead atoms. The SMILES string of the molecule is C=CCn1c(SCC(=O)N[C@H](C)CCC)nnc1-c1ccncc1. The fourth-order valence-electron chi connectivity index (χ4n) is 2.36. The first kappa shape index (κ1) is 18.2. The topological polar surface area (TPSA) is 72.7 Å². The predicted molar refractivity (Wildman–Crippen MR) is 96.7 cm³/mol. The molecule has 0 unspecified atom stereocenters. The first-order valence-corrected chi connectivity index (χ1v) is 9.01. The number of amides is 1. The van der Waals surface area contributed by atoms with E-state index in [0.29, 0.717) is 17.5 Å². The van der Waals surface area contributed by atoms with E-state index in [9.17, 15) is 4.79 Å². The molecule has 0 fully saturated rings. The van der Waals surface area contributed by atoms with Crippen LogP contribution in [0.5, 0.6) is 0 Å². The molecule has 0 saturated carbocycles. The van der Waals surface area contributed by atoms with Crippen molar-refractivity contribution in [3.8, 4) is 11.4 Å². The standard InChI is InChI=1S/C17H23N5OS/c1-4-6-13(3)19-15(23)12-24-17-21-20-16(22(17)11-5-2)14-7-9-18-10-8-14/h5,7-10,13H,2,4,6,11-12H2,1,3H3,(H,19,23)/t13-/m1/s1. The molecule has 2 rings (SSSR count). The average Bonchev–Trinajstić information content (AvgIpc) is 2.97. The van der Waals surface area contributed by atoms with Gasteiger partial charge in [0.2, 0.25) is 5.91 Å². The second-order valence-corrected chi connectivity index (χ2v) is 6.43. The Balaban J connectivity index is 2.06. The molecule has 24 heavy (non-hydrogen) atoms. The molecule has 1 N–H and O–H groups in total. The summed E-state index contributed by atoms with van der Waals surface area (Å²) in [4.78, 5) is 16.0. The van der Waals surface area contributed by atoms with E-state index in [0.717, 1.165) is 24.2 Å². The Bertz CT molecular complexity index is 671. The van der Waals surface area contributed by atoms with Gasteiger partial charge >= 0.3 is 0 Å². The molecule has 0 aliphatic carbocycles. The van der Waals surface area contributed by atoms with Crippen LogP contribution in [0.25, 0.3) is 11.4 Å². The Labute approximate surface area is 146 Å². The van der Waals surface area contributed by atoms with Crippen LogP contribution in [0.15, 0.2) is 42.3 Å². The number of hydrogen-bond acceptors (Lipinski definition) is 5. The van der Waals surface area contributed by atoms with Gasteiger partial charge in [-0.2, -0.15) is 0 Å². The van der Waals surface area contributed by atoms with Gasteiger partial charge in [0.1, 0.15) is 0 Å². The van der Waals surface area contributed by atoms with Crippen molar-refractivity contribution in [3.05, 3.63) is 37.2 Å². The maximum atomic E-state index is 12.0. The van der Waals surface area contributed by atoms with Crippen molar-refractivity contribution in [2.75, 3.05) is 5.75 Å². The van der Waals surface area contributed by atoms with Crippen LogP contribution in [0, 0.1) is 0 Å². The van der Waals surface area contributed by atoms with Crippen LogP contribution in [0.2, 0.25) is 0 Å². The number of allylic oxidation sites excluding steroid dienone is 1. The van der Waals surface area contributed by atoms with E-state index in [-0.39, 0.29) is 11.9 Å². The second kappa shape index (κ2) is 9.22. The summed E-state index contributed by atoms with van der Waals surface area (Å²) in [6.07, 6.45) is 7.27. The van der Waals surface area contributed by atoms with Crippen LogP contribution in [0.4, 0.5) is 0 Å². The lowest BCUT2D eigenvalue weighted by Crippen LogP contribution is -2.33. The molecule has 2 aromatic heterocycles. The van der Waals surface area contributed by atoms with E-state index in [4.69, 9.17) is 0 Å². The first-order chi connectivity index (χ1) is 11.7. The molecule has 6 nitrogen and oxygen atoms in total. The summed E-state index contributed by atoms with van der Waals surface area (Å²) >= 11 is 1.38. The van der Waals surface area contributed by atoms with Crippen LogP contribution in [-0.4, -0.2) is 37.5 Å². The largest absolute Gasteiger partial charge is 0.353 e. The van der Waals surface area contributed by atoms with Crippen molar-refractivity contribution in [3.63, 3.8) is 0 Å². The van der Waals surface area contributed by atoms with Crippen LogP contribution in [0.3, 0.4) is 0 Å². The molecular weight excluding hydrogens is 322 g/mol. The van der Waals surface area contributed by atoms with Crippen molar-refractivity contribution in [2.45, 2.75) is 44.4 Å². The van der Waals surface area contributed by atoms with E-state index in [1.165, 1.54) is 11.8 Å². The minimum Gasteiger partial charge on any atom is -0.353 e. The fraction of sp³-hybridized carbons (Fsp3) is 0.412. The summed E-state index contributed by atoms with van der Waals surface area (Å²) < 4.78 is 1.95. The fourth-order valence-corrected chi connectivity index (χ4v) is 3.11. The smallest absolute Gasteiger partial charge is 0.230 e. The first-order valence-electron chi connectivity index (χ1n) is 8.02. The summed E-state index contributed by atoms with van der Waals surface area (Å²) in [5, 5.41) is 12.2. The minimum absolute atomic E-state index is 0.0135. The predicted octanol–water partition coefficient (Wildman–Crippen LogP) is 2.92. The van der Waals surface area contributed by atoms with Crippen LogP contribution < -0.4 is 5.32 Å². The number of hydrogen-bond donors (Lipinski definition) is 1. The Morgan fingerprint density at radius 3 is 2.83 bits per heavy atom. The lowest BCUT2D eigenvalue weighted by molar-refractivity contribution is -0.119. The molecule has 128 valence electrons. The lowest BCUT2D eigenvalue weighted by Gasteiger charge is -2.12. The van der Waals surface area contributed by atoms with Crippen molar-refractivity contribution >= 4 is 17.7 Å². The van der Waals surface area contributed by atoms with Crippen molar-refractivity contribution in [2.24, 2.45) is 0 Å². The molecule has 0 aromatic carbocycles. The van der Waals surface area contributed by atoms with Crippen molar-refractivity contribution in [1.82, 2.24) is 25.1 Å². The number of carbonyl (C=O) groups excluding carboxylic acids is 1. The molecule has 2 aromatic rings. The van der Waals surface area contributed by atoms with Gasteiger partial charge in [-0.3, -0.25) is 14.3 Å². The highest BCUT2D eigenvalue weighted by Gasteiger charge is 2.15. The van der Waals surface area contributed by atoms with E-state index in [1.807, 2.05) is 23.6 Å². The highest BCUT2D eigenvalue weighted by Crippen LogP contribution is 2.23. The Kier molecular flexibility index (Phi) is 6.99. The molecule has 7 heteroatoms. The minimum atomic E-state index is 0.0135. The van der Waals surface area contributed by atoms with Gasteiger partial charge in [-0.25, -0.2) is 0 Å². The molecule has 0 saturated heterocycles. The van der Waals surface area contributed by atoms with E-state index >= 15 is 0 Å². The molecular formula is C17H23N5OS. The van der Waals surface area contributed by atoms with Crippen LogP contribution >= 0.6 is 11.8 Å². The van der Waals surface area contributed by atoms with Gasteiger partial charge in [-0.1, -0.05) is 31.2 Å². The third-order valence-electron chi connectivity index (χ3n) is 3.43. The number of nitrogens with one attached hydrogen (secondary N) is 1. The van der Waals surface area contributed by atoms with Crippen LogP contribution in [-0.2, 0) is 11.3 Å². The molecule has 1 amide bonds. The summed E-state index contributed by atoms with van der Waals surface area (Å²) in [7, 11) is 0. The highest BCUT2D eigenvalue weighted by atomic mass is 32.2. The Morgan fingerprint density at radius 1 is 1.42 bits per heavy atom. The number of pyridine rings is 1. The summed E-state index contributed by atoms with van der Waals surface area (Å²) in [5.74, 6) is 1.08. The summed E-state index contributed by atoms with van der Waals surface area (Å²) in [6, 6.07) is 3.97. The number of rotatable bonds is 9. The maximum absolute atomic E-state index is 12.0. The van der Waals surface area contributed by atoms with Gasteiger partial charge in [-0.15, -0.1) is 16.8 Å². The third kappa shape index (κ3) is 4.92. The van der Waals surface area contributed by atoms with Crippen molar-refractivity contribution < 1.29 is 4.79 Å². The van der Waals surface area contributed by atoms with E-state index in [1.54, 1.807) is 18.5 Å². The third-order valence-corrected chi connectivity index (χ3v) is 4.40. The highest BCUT2D eigenvalue weighted by molar-refractivity contribution is 7.99. The quantitative estimate of drug-likeness (QED) is 0.559. The molecule has 0 aliphatic heterocycles. The summed E-state index contributed by atoms with van der Waals surface area (Å²) in [5.41, 5.74) is 0.937. The maximum Gasteiger partial charge on any atom is 0.230 e. The molecule has 0 aliphatic rings. The Hall–Kier alpha value is -2.15. The van der Waals surface area contributed by atoms with Gasteiger partial charge in [-0.05, 0) is 25.5 Å². The number of aromatic nitrogens is 4. The summed E-state index contributed by atoms with van der Waals surface area (Å²) in [6.45, 7) is 8.50. The molecule has 0 radical (unpaired) electrons. The van der Waals surface area contributed by atoms with Gasteiger partial charge < -0.3 is 5.32 Å². The monoisotopic (exact) mass is 345 g/mol. The van der Waals surface area contributed by atoms with Gasteiger partial charge in [0, 0.05) is 30.5 Å². The van der Waals surface area contributed by atoms with E-state index < -0.39 is 0 Å². The van der Waals surface area contributed by atoms with Gasteiger partial charge in [0.15, 0.2) is 11.0 Å². The molecule has 1 atom stereocenters. The lowest BCUT2D eigenvalue weighted by atomic mass is 10.2. The normalized spacial score (nSPS) is 11.9. The number of nitrogens with zero attached hydrogens (tertiary/aromatic N) is 4. The number of carbonyl (C=O) groups is 1. The average molecular weight is 345 g/mol. The number of thioether (sulfide) groups is 1. The van der Waals surface area contributed by atoms with Crippen molar-refractivity contribution in [1.29, 1.82) is 0 Å². The molecule has 2 heterocycles. The zero-order chi connectivity index (χ0) is 17.4. The van der Waals surface area contributed by atoms with E-state index in [2.05, 4.69) is 34.0 Å². The Morgan fingerprint density at radius 2 is 2.17 bits per heavy atom.